The Morgan fingerprint density at radius 2 is 2.11 bits per heavy atom. The van der Waals surface area contributed by atoms with Gasteiger partial charge in [-0.3, -0.25) is 0 Å². The van der Waals surface area contributed by atoms with Crippen molar-refractivity contribution in [1.29, 1.82) is 0 Å². The summed E-state index contributed by atoms with van der Waals surface area (Å²) >= 11 is 0. The Bertz CT molecular complexity index is 309. The van der Waals surface area contributed by atoms with Gasteiger partial charge in [-0.05, 0) is 20.4 Å². The Morgan fingerprint density at radius 1 is 1.44 bits per heavy atom. The molecule has 0 aliphatic carbocycles. The van der Waals surface area contributed by atoms with Crippen molar-refractivity contribution in [2.24, 2.45) is 0 Å². The van der Waals surface area contributed by atoms with E-state index in [0.29, 0.717) is 13.0 Å². The van der Waals surface area contributed by atoms with E-state index < -0.39 is 12.0 Å². The lowest BCUT2D eigenvalue weighted by Gasteiger charge is -2.38. The minimum atomic E-state index is -0.966. The van der Waals surface area contributed by atoms with Crippen molar-refractivity contribution < 1.29 is 14.7 Å². The Kier molecular flexibility index (Phi) is 5.40. The van der Waals surface area contributed by atoms with Gasteiger partial charge < -0.3 is 20.2 Å². The van der Waals surface area contributed by atoms with Gasteiger partial charge in [0.15, 0.2) is 0 Å². The number of aliphatic carboxylic acids is 1. The van der Waals surface area contributed by atoms with Gasteiger partial charge in [-0.1, -0.05) is 13.3 Å². The van der Waals surface area contributed by atoms with Gasteiger partial charge in [-0.2, -0.15) is 0 Å². The number of hydrogen-bond donors (Lipinski definition) is 2. The number of urea groups is 1. The van der Waals surface area contributed by atoms with Gasteiger partial charge in [0.1, 0.15) is 6.04 Å². The highest BCUT2D eigenvalue weighted by Gasteiger charge is 2.28. The maximum Gasteiger partial charge on any atom is 0.326 e. The zero-order chi connectivity index (χ0) is 13.7. The molecule has 0 aromatic carbocycles. The molecule has 1 rings (SSSR count). The molecule has 0 radical (unpaired) electrons. The molecule has 1 saturated heterocycles. The molecule has 2 N–H and O–H groups in total. The molecule has 0 saturated carbocycles. The van der Waals surface area contributed by atoms with Crippen LogP contribution in [0.5, 0.6) is 0 Å². The van der Waals surface area contributed by atoms with Crippen molar-refractivity contribution in [3.63, 3.8) is 0 Å². The van der Waals surface area contributed by atoms with Crippen LogP contribution in [-0.2, 0) is 4.79 Å². The molecule has 104 valence electrons. The third kappa shape index (κ3) is 3.87. The number of nitrogens with zero attached hydrogens (tertiary/aromatic N) is 2. The van der Waals surface area contributed by atoms with Gasteiger partial charge in [-0.25, -0.2) is 9.59 Å². The summed E-state index contributed by atoms with van der Waals surface area (Å²) in [6, 6.07) is -0.939. The average Bonchev–Trinajstić information content (AvgIpc) is 2.27. The van der Waals surface area contributed by atoms with Crippen LogP contribution in [-0.4, -0.2) is 65.7 Å². The van der Waals surface area contributed by atoms with Crippen LogP contribution < -0.4 is 5.32 Å². The maximum absolute atomic E-state index is 12.0. The van der Waals surface area contributed by atoms with Crippen molar-refractivity contribution in [2.45, 2.75) is 38.8 Å². The first-order valence-electron chi connectivity index (χ1n) is 6.44. The van der Waals surface area contributed by atoms with Crippen LogP contribution in [0.15, 0.2) is 0 Å². The van der Waals surface area contributed by atoms with E-state index >= 15 is 0 Å². The highest BCUT2D eigenvalue weighted by Crippen LogP contribution is 2.09. The van der Waals surface area contributed by atoms with E-state index in [0.717, 1.165) is 19.5 Å². The van der Waals surface area contributed by atoms with Crippen LogP contribution >= 0.6 is 0 Å². The molecule has 2 atom stereocenters. The maximum atomic E-state index is 12.0. The van der Waals surface area contributed by atoms with Gasteiger partial charge >= 0.3 is 12.0 Å². The SMILES string of the molecule is CCCC(NC(=O)N1CCN(C)CC1C)C(=O)O. The van der Waals surface area contributed by atoms with Crippen molar-refractivity contribution in [3.05, 3.63) is 0 Å². The quantitative estimate of drug-likeness (QED) is 0.773. The van der Waals surface area contributed by atoms with E-state index in [9.17, 15) is 9.59 Å². The molecule has 6 nitrogen and oxygen atoms in total. The first-order chi connectivity index (χ1) is 8.45. The Balaban J connectivity index is 2.55. The summed E-state index contributed by atoms with van der Waals surface area (Å²) < 4.78 is 0. The number of nitrogens with one attached hydrogen (secondary N) is 1. The van der Waals surface area contributed by atoms with E-state index in [-0.39, 0.29) is 12.1 Å². The van der Waals surface area contributed by atoms with Crippen LogP contribution in [0.3, 0.4) is 0 Å². The summed E-state index contributed by atoms with van der Waals surface area (Å²) in [5.74, 6) is -0.966. The molecule has 1 aliphatic heterocycles. The Hall–Kier alpha value is -1.30. The Labute approximate surface area is 108 Å². The van der Waals surface area contributed by atoms with E-state index in [1.54, 1.807) is 4.90 Å². The molecule has 2 unspecified atom stereocenters. The molecule has 0 bridgehead atoms. The summed E-state index contributed by atoms with van der Waals surface area (Å²) in [5, 5.41) is 11.6. The first kappa shape index (κ1) is 14.8. The fourth-order valence-corrected chi connectivity index (χ4v) is 2.22. The van der Waals surface area contributed by atoms with Gasteiger partial charge in [0, 0.05) is 25.7 Å². The van der Waals surface area contributed by atoms with Crippen molar-refractivity contribution in [1.82, 2.24) is 15.1 Å². The minimum absolute atomic E-state index is 0.111. The predicted molar refractivity (Wildman–Crippen MR) is 68.5 cm³/mol. The number of carboxylic acids is 1. The van der Waals surface area contributed by atoms with Gasteiger partial charge in [-0.15, -0.1) is 0 Å². The average molecular weight is 257 g/mol. The highest BCUT2D eigenvalue weighted by atomic mass is 16.4. The number of likely N-dealkylation sites (N-methyl/N-ethyl adjacent to an activating group) is 1. The van der Waals surface area contributed by atoms with Crippen LogP contribution in [0, 0.1) is 0 Å². The molecular weight excluding hydrogens is 234 g/mol. The summed E-state index contributed by atoms with van der Waals surface area (Å²) in [7, 11) is 2.02. The highest BCUT2D eigenvalue weighted by molar-refractivity contribution is 5.82. The number of carbonyl (C=O) groups excluding carboxylic acids is 1. The van der Waals surface area contributed by atoms with E-state index in [2.05, 4.69) is 10.2 Å². The first-order valence-corrected chi connectivity index (χ1v) is 6.44. The third-order valence-electron chi connectivity index (χ3n) is 3.26. The van der Waals surface area contributed by atoms with Crippen LogP contribution in [0.4, 0.5) is 4.79 Å². The molecule has 6 heteroatoms. The van der Waals surface area contributed by atoms with Crippen LogP contribution in [0.25, 0.3) is 0 Å². The molecule has 2 amide bonds. The predicted octanol–water partition coefficient (Wildman–Crippen LogP) is 0.585. The van der Waals surface area contributed by atoms with Crippen molar-refractivity contribution >= 4 is 12.0 Å². The third-order valence-corrected chi connectivity index (χ3v) is 3.26. The number of rotatable bonds is 4. The number of hydrogen-bond acceptors (Lipinski definition) is 3. The molecule has 0 aromatic heterocycles. The lowest BCUT2D eigenvalue weighted by molar-refractivity contribution is -0.139. The molecule has 1 aliphatic rings. The summed E-state index contributed by atoms with van der Waals surface area (Å²) in [6.45, 7) is 6.16. The normalized spacial score (nSPS) is 22.6. The monoisotopic (exact) mass is 257 g/mol. The minimum Gasteiger partial charge on any atom is -0.480 e. The van der Waals surface area contributed by atoms with Crippen molar-refractivity contribution in [2.75, 3.05) is 26.7 Å². The lowest BCUT2D eigenvalue weighted by Crippen LogP contribution is -2.57. The second-order valence-corrected chi connectivity index (χ2v) is 4.93. The number of carboxylic acid groups (broad SMARTS) is 1. The Morgan fingerprint density at radius 3 is 2.61 bits per heavy atom. The zero-order valence-corrected chi connectivity index (χ0v) is 11.3. The summed E-state index contributed by atoms with van der Waals surface area (Å²) in [4.78, 5) is 26.9. The largest absolute Gasteiger partial charge is 0.480 e. The molecule has 1 fully saturated rings. The molecule has 1 heterocycles. The topological polar surface area (TPSA) is 72.9 Å². The standard InChI is InChI=1S/C12H23N3O3/c1-4-5-10(11(16)17)13-12(18)15-7-6-14(3)8-9(15)2/h9-10H,4-8H2,1-3H3,(H,13,18)(H,16,17). The number of carbonyl (C=O) groups is 2. The zero-order valence-electron chi connectivity index (χ0n) is 11.3. The van der Waals surface area contributed by atoms with Crippen LogP contribution in [0.1, 0.15) is 26.7 Å². The van der Waals surface area contributed by atoms with Crippen LogP contribution in [0.2, 0.25) is 0 Å². The second-order valence-electron chi connectivity index (χ2n) is 4.93. The molecule has 0 aromatic rings. The van der Waals surface area contributed by atoms with E-state index in [4.69, 9.17) is 5.11 Å². The van der Waals surface area contributed by atoms with Gasteiger partial charge in [0.05, 0.1) is 0 Å². The molecule has 0 spiro atoms. The second kappa shape index (κ2) is 6.58. The van der Waals surface area contributed by atoms with E-state index in [1.807, 2.05) is 20.9 Å². The lowest BCUT2D eigenvalue weighted by atomic mass is 10.1. The molecule has 18 heavy (non-hydrogen) atoms. The fraction of sp³-hybridized carbons (Fsp3) is 0.833. The number of piperazine rings is 1. The van der Waals surface area contributed by atoms with Gasteiger partial charge in [0.2, 0.25) is 0 Å². The smallest absolute Gasteiger partial charge is 0.326 e. The van der Waals surface area contributed by atoms with Gasteiger partial charge in [0.25, 0.3) is 0 Å². The summed E-state index contributed by atoms with van der Waals surface area (Å²) in [6.07, 6.45) is 1.19. The fourth-order valence-electron chi connectivity index (χ4n) is 2.22. The van der Waals surface area contributed by atoms with Crippen molar-refractivity contribution in [3.8, 4) is 0 Å². The number of amides is 2. The molecular formula is C12H23N3O3. The summed E-state index contributed by atoms with van der Waals surface area (Å²) in [5.41, 5.74) is 0. The van der Waals surface area contributed by atoms with E-state index in [1.165, 1.54) is 0 Å².